The van der Waals surface area contributed by atoms with Crippen LogP contribution in [0.2, 0.25) is 0 Å². The molecule has 2 heteroatoms. The normalized spacial score (nSPS) is 47.9. The fraction of sp³-hybridized carbons (Fsp3) is 0.750. The number of aliphatic carboxylic acids is 1. The van der Waals surface area contributed by atoms with Crippen molar-refractivity contribution in [2.75, 3.05) is 0 Å². The predicted octanol–water partition coefficient (Wildman–Crippen LogP) is 5.21. The zero-order valence-electron chi connectivity index (χ0n) is 14.3. The molecule has 3 aliphatic rings. The zero-order chi connectivity index (χ0) is 16.2. The second kappa shape index (κ2) is 4.97. The van der Waals surface area contributed by atoms with Crippen LogP contribution in [-0.2, 0) is 4.79 Å². The molecule has 0 unspecified atom stereocenters. The van der Waals surface area contributed by atoms with Crippen molar-refractivity contribution in [3.05, 3.63) is 24.3 Å². The molecule has 0 heterocycles. The van der Waals surface area contributed by atoms with Gasteiger partial charge in [-0.3, -0.25) is 4.79 Å². The van der Waals surface area contributed by atoms with Gasteiger partial charge in [-0.25, -0.2) is 0 Å². The van der Waals surface area contributed by atoms with Gasteiger partial charge in [-0.2, -0.15) is 0 Å². The van der Waals surface area contributed by atoms with E-state index in [0.717, 1.165) is 32.1 Å². The van der Waals surface area contributed by atoms with E-state index in [1.807, 2.05) is 6.92 Å². The van der Waals surface area contributed by atoms with Crippen LogP contribution in [0.25, 0.3) is 0 Å². The van der Waals surface area contributed by atoms with E-state index < -0.39 is 11.4 Å². The van der Waals surface area contributed by atoms with Crippen molar-refractivity contribution in [1.82, 2.24) is 0 Å². The summed E-state index contributed by atoms with van der Waals surface area (Å²) in [4.78, 5) is 12.0. The number of hydrogen-bond acceptors (Lipinski definition) is 1. The van der Waals surface area contributed by atoms with Gasteiger partial charge in [0.05, 0.1) is 5.41 Å². The van der Waals surface area contributed by atoms with E-state index in [1.54, 1.807) is 5.57 Å². The van der Waals surface area contributed by atoms with Crippen molar-refractivity contribution in [2.45, 2.75) is 65.7 Å². The van der Waals surface area contributed by atoms with Crippen molar-refractivity contribution in [3.63, 3.8) is 0 Å². The molecule has 0 spiro atoms. The lowest BCUT2D eigenvalue weighted by molar-refractivity contribution is -0.164. The Morgan fingerprint density at radius 3 is 2.64 bits per heavy atom. The van der Waals surface area contributed by atoms with Gasteiger partial charge in [0, 0.05) is 5.41 Å². The minimum absolute atomic E-state index is 0.139. The molecule has 0 radical (unpaired) electrons. The Bertz CT molecular complexity index is 534. The van der Waals surface area contributed by atoms with Gasteiger partial charge < -0.3 is 5.11 Å². The minimum Gasteiger partial charge on any atom is -0.481 e. The van der Waals surface area contributed by atoms with Gasteiger partial charge in [0.15, 0.2) is 0 Å². The molecule has 3 rings (SSSR count). The van der Waals surface area contributed by atoms with Crippen molar-refractivity contribution in [1.29, 1.82) is 0 Å². The first-order valence-corrected chi connectivity index (χ1v) is 8.84. The van der Waals surface area contributed by atoms with Crippen LogP contribution in [-0.4, -0.2) is 11.1 Å². The van der Waals surface area contributed by atoms with Crippen LogP contribution in [0.3, 0.4) is 0 Å². The summed E-state index contributed by atoms with van der Waals surface area (Å²) in [5.41, 5.74) is 1.36. The van der Waals surface area contributed by atoms with Gasteiger partial charge >= 0.3 is 5.97 Å². The summed E-state index contributed by atoms with van der Waals surface area (Å²) in [7, 11) is 0. The summed E-state index contributed by atoms with van der Waals surface area (Å²) in [5, 5.41) is 9.84. The highest BCUT2D eigenvalue weighted by molar-refractivity contribution is 5.75. The average molecular weight is 302 g/mol. The van der Waals surface area contributed by atoms with Gasteiger partial charge in [-0.05, 0) is 62.7 Å². The van der Waals surface area contributed by atoms with Crippen molar-refractivity contribution >= 4 is 5.97 Å². The van der Waals surface area contributed by atoms with Crippen LogP contribution in [0.4, 0.5) is 0 Å². The summed E-state index contributed by atoms with van der Waals surface area (Å²) in [6.45, 7) is 10.7. The highest BCUT2D eigenvalue weighted by Gasteiger charge is 2.58. The number of carboxylic acid groups (broad SMARTS) is 1. The molecular formula is C20H30O2. The van der Waals surface area contributed by atoms with E-state index >= 15 is 0 Å². The molecule has 2 fully saturated rings. The van der Waals surface area contributed by atoms with Crippen LogP contribution >= 0.6 is 0 Å². The molecule has 1 N–H and O–H groups in total. The maximum Gasteiger partial charge on any atom is 0.309 e. The molecule has 5 atom stereocenters. The zero-order valence-corrected chi connectivity index (χ0v) is 14.3. The topological polar surface area (TPSA) is 37.3 Å². The third-order valence-electron chi connectivity index (χ3n) is 7.38. The first-order valence-electron chi connectivity index (χ1n) is 8.84. The van der Waals surface area contributed by atoms with Crippen LogP contribution in [0.1, 0.15) is 65.7 Å². The second-order valence-corrected chi connectivity index (χ2v) is 8.69. The Labute approximate surface area is 134 Å². The van der Waals surface area contributed by atoms with Gasteiger partial charge in [0.2, 0.25) is 0 Å². The minimum atomic E-state index is -0.581. The lowest BCUT2D eigenvalue weighted by atomic mass is 9.45. The second-order valence-electron chi connectivity index (χ2n) is 8.69. The molecular weight excluding hydrogens is 272 g/mol. The van der Waals surface area contributed by atoms with E-state index in [2.05, 4.69) is 32.6 Å². The quantitative estimate of drug-likeness (QED) is 0.711. The van der Waals surface area contributed by atoms with Crippen molar-refractivity contribution in [3.8, 4) is 0 Å². The largest absolute Gasteiger partial charge is 0.481 e. The monoisotopic (exact) mass is 302 g/mol. The summed E-state index contributed by atoms with van der Waals surface area (Å²) >= 11 is 0. The van der Waals surface area contributed by atoms with Gasteiger partial charge in [-0.1, -0.05) is 38.0 Å². The molecule has 0 aromatic rings. The Kier molecular flexibility index (Phi) is 3.58. The predicted molar refractivity (Wildman–Crippen MR) is 89.5 cm³/mol. The number of allylic oxidation sites excluding steroid dienone is 3. The first kappa shape index (κ1) is 15.8. The van der Waals surface area contributed by atoms with Gasteiger partial charge in [0.25, 0.3) is 0 Å². The number of hydrogen-bond donors (Lipinski definition) is 1. The van der Waals surface area contributed by atoms with E-state index in [4.69, 9.17) is 0 Å². The Morgan fingerprint density at radius 1 is 1.27 bits per heavy atom. The highest BCUT2D eigenvalue weighted by Crippen LogP contribution is 2.63. The molecule has 122 valence electrons. The van der Waals surface area contributed by atoms with Crippen LogP contribution in [0.15, 0.2) is 24.3 Å². The molecule has 22 heavy (non-hydrogen) atoms. The number of carboxylic acids is 1. The third-order valence-corrected chi connectivity index (χ3v) is 7.38. The fourth-order valence-electron chi connectivity index (χ4n) is 5.94. The molecule has 0 saturated heterocycles. The SMILES string of the molecule is C=C[C@]1(C)C=C2CC[C@@H]3[C@](C)(CCC[C@]3(C)C(=O)O)[C@@H]2CC1. The summed E-state index contributed by atoms with van der Waals surface area (Å²) in [5.74, 6) is 0.322. The van der Waals surface area contributed by atoms with E-state index in [0.29, 0.717) is 11.8 Å². The first-order chi connectivity index (χ1) is 10.3. The van der Waals surface area contributed by atoms with Crippen molar-refractivity contribution < 1.29 is 9.90 Å². The lowest BCUT2D eigenvalue weighted by Crippen LogP contribution is -2.54. The molecule has 0 aromatic carbocycles. The van der Waals surface area contributed by atoms with Crippen LogP contribution in [0, 0.1) is 28.1 Å². The Morgan fingerprint density at radius 2 is 2.00 bits per heavy atom. The maximum absolute atomic E-state index is 12.0. The lowest BCUT2D eigenvalue weighted by Gasteiger charge is -2.59. The maximum atomic E-state index is 12.0. The van der Waals surface area contributed by atoms with E-state index in [1.165, 1.54) is 12.8 Å². The molecule has 2 saturated carbocycles. The number of carbonyl (C=O) groups is 1. The molecule has 0 aliphatic heterocycles. The highest BCUT2D eigenvalue weighted by atomic mass is 16.4. The average Bonchev–Trinajstić information content (AvgIpc) is 2.46. The smallest absolute Gasteiger partial charge is 0.309 e. The van der Waals surface area contributed by atoms with Crippen molar-refractivity contribution in [2.24, 2.45) is 28.1 Å². The molecule has 3 aliphatic carbocycles. The third kappa shape index (κ3) is 2.10. The van der Waals surface area contributed by atoms with Gasteiger partial charge in [-0.15, -0.1) is 6.58 Å². The number of rotatable bonds is 2. The Hall–Kier alpha value is -1.05. The molecule has 2 nitrogen and oxygen atoms in total. The van der Waals surface area contributed by atoms with E-state index in [-0.39, 0.29) is 10.8 Å². The summed E-state index contributed by atoms with van der Waals surface area (Å²) in [6.07, 6.45) is 12.1. The molecule has 0 aromatic heterocycles. The van der Waals surface area contributed by atoms with Gasteiger partial charge in [0.1, 0.15) is 0 Å². The van der Waals surface area contributed by atoms with Crippen LogP contribution in [0.5, 0.6) is 0 Å². The summed E-state index contributed by atoms with van der Waals surface area (Å²) < 4.78 is 0. The molecule has 0 amide bonds. The van der Waals surface area contributed by atoms with E-state index in [9.17, 15) is 9.90 Å². The Balaban J connectivity index is 1.99. The number of fused-ring (bicyclic) bond motifs is 3. The summed E-state index contributed by atoms with van der Waals surface area (Å²) in [6, 6.07) is 0. The molecule has 0 bridgehead atoms. The van der Waals surface area contributed by atoms with Crippen LogP contribution < -0.4 is 0 Å². The standard InChI is InChI=1S/C20H30O2/c1-5-18(2)12-9-15-14(13-18)7-8-16-19(15,3)10-6-11-20(16,4)17(21)22/h5,13,15-16H,1,6-12H2,2-4H3,(H,21,22)/t15-,16-,18+,19-,20+/m1/s1. The fourth-order valence-corrected chi connectivity index (χ4v) is 5.94.